The van der Waals surface area contributed by atoms with Crippen LogP contribution < -0.4 is 0 Å². The third kappa shape index (κ3) is 88.4. The van der Waals surface area contributed by atoms with Crippen molar-refractivity contribution in [1.29, 1.82) is 0 Å². The molecule has 3 radical (unpaired) electrons. The Kier molecular flexibility index (Phi) is 383. The second kappa shape index (κ2) is 64.1. The van der Waals surface area contributed by atoms with Gasteiger partial charge in [-0.1, -0.05) is 49.0 Å². The monoisotopic (exact) mass is 458 g/mol. The molecule has 0 saturated carbocycles. The summed E-state index contributed by atoms with van der Waals surface area (Å²) < 4.78 is 0. The zero-order valence-electron chi connectivity index (χ0n) is 10.4. The van der Waals surface area contributed by atoms with Crippen molar-refractivity contribution in [1.82, 2.24) is 0 Å². The molecule has 0 fully saturated rings. The molecule has 0 aliphatic heterocycles. The van der Waals surface area contributed by atoms with E-state index >= 15 is 0 Å². The van der Waals surface area contributed by atoms with Gasteiger partial charge in [0.15, 0.2) is 0 Å². The number of allylic oxidation sites excluding steroid dienone is 1. The first-order chi connectivity index (χ1) is 2.64. The molecule has 0 nitrogen and oxygen atoms in total. The fraction of sp³-hybridized carbons (Fsp3) is 0.538. The molecule has 0 aliphatic carbocycles. The van der Waals surface area contributed by atoms with Crippen molar-refractivity contribution in [3.63, 3.8) is 0 Å². The molecule has 16 heavy (non-hydrogen) atoms. The van der Waals surface area contributed by atoms with E-state index in [1.165, 1.54) is 0 Å². The van der Waals surface area contributed by atoms with Crippen LogP contribution in [0.2, 0.25) is 0 Å². The minimum atomic E-state index is 0. The van der Waals surface area contributed by atoms with Gasteiger partial charge in [0.25, 0.3) is 0 Å². The van der Waals surface area contributed by atoms with Gasteiger partial charge in [0.1, 0.15) is 0 Å². The zero-order valence-corrected chi connectivity index (χ0v) is 18.9. The molecular weight excluding hydrogens is 423 g/mol. The van der Waals surface area contributed by atoms with Gasteiger partial charge in [-0.2, -0.15) is 0 Å². The van der Waals surface area contributed by atoms with Crippen LogP contribution in [0.3, 0.4) is 0 Å². The first kappa shape index (κ1) is 95.8. The van der Waals surface area contributed by atoms with Crippen molar-refractivity contribution in [2.75, 3.05) is 0 Å². The van der Waals surface area contributed by atoms with Crippen molar-refractivity contribution < 1.29 is 98.1 Å². The van der Waals surface area contributed by atoms with Gasteiger partial charge in [-0.05, 0) is 0 Å². The summed E-state index contributed by atoms with van der Waals surface area (Å²) in [6.07, 6.45) is 0. The molecule has 0 aromatic carbocycles. The predicted octanol–water partition coefficient (Wildman–Crippen LogP) is 5.72. The van der Waals surface area contributed by atoms with Gasteiger partial charge in [-0.15, -0.1) is 0 Å². The molecule has 101 valence electrons. The maximum absolute atomic E-state index is 5.35. The van der Waals surface area contributed by atoms with Gasteiger partial charge < -0.3 is 36.3 Å². The van der Waals surface area contributed by atoms with Crippen molar-refractivity contribution in [3.8, 4) is 0 Å². The number of hydrogen-bond donors (Lipinski definition) is 0. The third-order valence-electron chi connectivity index (χ3n) is 0.911. The smallest absolute Gasteiger partial charge is 0 e. The Morgan fingerprint density at radius 3 is 0.812 bits per heavy atom. The standard InChI is InChI=1S/C6H11.3CH4.4CH3.3Y/c1-5(2)6(3)4;;;;;;;;;;/h1,6H,2-4H3;3*1H4;4*1H3;;;/q-1;;;;4*-1;;;. The largest absolute Gasteiger partial charge is 0.514 e. The summed E-state index contributed by atoms with van der Waals surface area (Å²) in [5, 5.41) is 0. The van der Waals surface area contributed by atoms with E-state index in [2.05, 4.69) is 13.8 Å². The fourth-order valence-corrected chi connectivity index (χ4v) is 0. The molecule has 0 rings (SSSR count). The molecule has 0 atom stereocenters. The summed E-state index contributed by atoms with van der Waals surface area (Å²) in [7, 11) is 0. The van der Waals surface area contributed by atoms with Crippen LogP contribution in [0.4, 0.5) is 0 Å². The molecule has 0 saturated heterocycles. The fourth-order valence-electron chi connectivity index (χ4n) is 0. The Hall–Kier alpha value is 3.05. The molecule has 0 heterocycles. The summed E-state index contributed by atoms with van der Waals surface area (Å²) in [6.45, 7) is 11.4. The number of rotatable bonds is 1. The first-order valence-electron chi connectivity index (χ1n) is 2.23. The van der Waals surface area contributed by atoms with E-state index in [-0.39, 0.29) is 150 Å². The Bertz CT molecular complexity index is 62.2. The number of hydrogen-bond acceptors (Lipinski definition) is 0. The summed E-state index contributed by atoms with van der Waals surface area (Å²) in [4.78, 5) is 0. The van der Waals surface area contributed by atoms with Gasteiger partial charge in [-0.3, -0.25) is 5.57 Å². The van der Waals surface area contributed by atoms with Crippen LogP contribution in [0, 0.1) is 42.2 Å². The van der Waals surface area contributed by atoms with Gasteiger partial charge >= 0.3 is 0 Å². The average molecular weight is 458 g/mol. The molecule has 0 aromatic heterocycles. The van der Waals surface area contributed by atoms with Gasteiger partial charge in [0.2, 0.25) is 0 Å². The Labute approximate surface area is 186 Å². The van der Waals surface area contributed by atoms with Crippen molar-refractivity contribution >= 4 is 0 Å². The summed E-state index contributed by atoms with van der Waals surface area (Å²) in [6, 6.07) is 0. The van der Waals surface area contributed by atoms with E-state index < -0.39 is 0 Å². The van der Waals surface area contributed by atoms with Crippen LogP contribution in [-0.4, -0.2) is 0 Å². The van der Waals surface area contributed by atoms with Crippen molar-refractivity contribution in [2.24, 2.45) is 5.92 Å². The van der Waals surface area contributed by atoms with Crippen LogP contribution in [-0.2, 0) is 98.1 Å². The average Bonchev–Trinajstić information content (AvgIpc) is 1.36. The maximum Gasteiger partial charge on any atom is 0 e. The maximum atomic E-state index is 5.35. The second-order valence-electron chi connectivity index (χ2n) is 1.90. The minimum Gasteiger partial charge on any atom is -0.514 e. The SMILES string of the molecule is C.C.C.[CH-]=C(C)C(C)C.[CH3-].[CH3-].[CH3-].[CH3-].[Y].[Y].[Y]. The summed E-state index contributed by atoms with van der Waals surface area (Å²) in [5.74, 6) is 0.546. The van der Waals surface area contributed by atoms with Crippen LogP contribution >= 0.6 is 0 Å². The topological polar surface area (TPSA) is 0 Å². The Morgan fingerprint density at radius 1 is 0.750 bits per heavy atom. The second-order valence-corrected chi connectivity index (χ2v) is 1.90. The zero-order chi connectivity index (χ0) is 5.15. The van der Waals surface area contributed by atoms with Gasteiger partial charge in [0, 0.05) is 98.1 Å². The molecule has 0 spiro atoms. The minimum absolute atomic E-state index is 0. The van der Waals surface area contributed by atoms with Crippen LogP contribution in [0.1, 0.15) is 43.1 Å². The molecular formula is C13H35Y3-5. The Balaban J connectivity index is -0.00000000278. The molecule has 0 bridgehead atoms. The molecule has 0 amide bonds. The Morgan fingerprint density at radius 2 is 0.812 bits per heavy atom. The van der Waals surface area contributed by atoms with E-state index in [4.69, 9.17) is 6.58 Å². The van der Waals surface area contributed by atoms with Crippen LogP contribution in [0.25, 0.3) is 0 Å². The third-order valence-corrected chi connectivity index (χ3v) is 0.911. The van der Waals surface area contributed by atoms with E-state index in [1.54, 1.807) is 0 Å². The first-order valence-corrected chi connectivity index (χ1v) is 2.23. The van der Waals surface area contributed by atoms with Crippen LogP contribution in [0.15, 0.2) is 5.57 Å². The molecule has 0 aliphatic rings. The van der Waals surface area contributed by atoms with E-state index in [1.807, 2.05) is 6.92 Å². The normalized spacial score (nSPS) is 3.50. The molecule has 0 N–H and O–H groups in total. The van der Waals surface area contributed by atoms with Gasteiger partial charge in [0.05, 0.1) is 0 Å². The van der Waals surface area contributed by atoms with Crippen LogP contribution in [0.5, 0.6) is 0 Å². The molecule has 3 heteroatoms. The van der Waals surface area contributed by atoms with E-state index in [0.29, 0.717) is 5.92 Å². The molecule has 0 unspecified atom stereocenters. The van der Waals surface area contributed by atoms with Crippen molar-refractivity contribution in [3.05, 3.63) is 41.9 Å². The van der Waals surface area contributed by atoms with E-state index in [9.17, 15) is 0 Å². The van der Waals surface area contributed by atoms with Crippen molar-refractivity contribution in [2.45, 2.75) is 43.1 Å². The molecule has 0 aromatic rings. The summed E-state index contributed by atoms with van der Waals surface area (Å²) in [5.41, 5.74) is 1.01. The predicted molar refractivity (Wildman–Crippen MR) is 74.2 cm³/mol. The summed E-state index contributed by atoms with van der Waals surface area (Å²) >= 11 is 0. The quantitative estimate of drug-likeness (QED) is 0.441. The van der Waals surface area contributed by atoms with E-state index in [0.717, 1.165) is 5.57 Å². The van der Waals surface area contributed by atoms with Gasteiger partial charge in [-0.25, -0.2) is 0 Å².